The molecule has 6 nitrogen and oxygen atoms in total. The molecule has 1 atom stereocenters. The molecule has 0 aliphatic rings. The van der Waals surface area contributed by atoms with Gasteiger partial charge >= 0.3 is 17.9 Å². The van der Waals surface area contributed by atoms with Crippen LogP contribution in [0.25, 0.3) is 0 Å². The molecule has 0 N–H and O–H groups in total. The molecular formula is C8H6Cl6O6. The number of ether oxygens (including phenoxy) is 3. The van der Waals surface area contributed by atoms with Gasteiger partial charge < -0.3 is 14.2 Å². The first-order valence-corrected chi connectivity index (χ1v) is 6.76. The van der Waals surface area contributed by atoms with Crippen molar-refractivity contribution in [2.45, 2.75) is 13.7 Å². The van der Waals surface area contributed by atoms with Crippen molar-refractivity contribution in [3.63, 3.8) is 0 Å². The Balaban J connectivity index is 4.73. The van der Waals surface area contributed by atoms with Gasteiger partial charge in [0, 0.05) is 0 Å². The summed E-state index contributed by atoms with van der Waals surface area (Å²) in [4.78, 5) is 33.8. The van der Waals surface area contributed by atoms with Crippen molar-refractivity contribution in [1.29, 1.82) is 0 Å². The largest absolute Gasteiger partial charge is 0.466 e. The maximum atomic E-state index is 11.3. The van der Waals surface area contributed by atoms with Gasteiger partial charge in [0.15, 0.2) is 0 Å². The molecule has 0 unspecified atom stereocenters. The second-order valence-corrected chi connectivity index (χ2v) is 7.57. The fourth-order valence-corrected chi connectivity index (χ4v) is 1.01. The number of alkyl halides is 6. The average Bonchev–Trinajstić information content (AvgIpc) is 2.30. The van der Waals surface area contributed by atoms with Gasteiger partial charge in [-0.2, -0.15) is 0 Å². The van der Waals surface area contributed by atoms with E-state index < -0.39 is 38.2 Å². The molecule has 12 heteroatoms. The Morgan fingerprint density at radius 1 is 0.950 bits per heavy atom. The van der Waals surface area contributed by atoms with Crippen molar-refractivity contribution < 1.29 is 28.6 Å². The number of halogens is 6. The molecule has 0 aromatic rings. The van der Waals surface area contributed by atoms with Gasteiger partial charge in [0.25, 0.3) is 7.59 Å². The lowest BCUT2D eigenvalue weighted by atomic mass is 10.4. The van der Waals surface area contributed by atoms with Crippen LogP contribution in [0.1, 0.15) is 0 Å². The van der Waals surface area contributed by atoms with Gasteiger partial charge in [0.2, 0.25) is 6.10 Å². The van der Waals surface area contributed by atoms with E-state index in [4.69, 9.17) is 69.6 Å². The molecule has 20 heavy (non-hydrogen) atoms. The van der Waals surface area contributed by atoms with Crippen LogP contribution in [0.5, 0.6) is 0 Å². The molecule has 0 aromatic carbocycles. The summed E-state index contributed by atoms with van der Waals surface area (Å²) in [6.45, 7) is -0.786. The third-order valence-electron chi connectivity index (χ3n) is 1.54. The Labute approximate surface area is 143 Å². The van der Waals surface area contributed by atoms with Crippen molar-refractivity contribution >= 4 is 87.5 Å². The highest BCUT2D eigenvalue weighted by atomic mass is 35.6. The maximum absolute atomic E-state index is 11.3. The highest BCUT2D eigenvalue weighted by Gasteiger charge is 2.39. The predicted octanol–water partition coefficient (Wildman–Crippen LogP) is 2.35. The Morgan fingerprint density at radius 2 is 1.40 bits per heavy atom. The first-order valence-electron chi connectivity index (χ1n) is 4.49. The molecule has 0 saturated heterocycles. The lowest BCUT2D eigenvalue weighted by Crippen LogP contribution is -2.38. The monoisotopic (exact) mass is 408 g/mol. The first-order chi connectivity index (χ1) is 8.89. The fourth-order valence-electron chi connectivity index (χ4n) is 0.711. The Hall–Kier alpha value is 0.150. The number of esters is 3. The van der Waals surface area contributed by atoms with E-state index in [1.54, 1.807) is 0 Å². The molecule has 0 heterocycles. The van der Waals surface area contributed by atoms with Crippen LogP contribution in [0, 0.1) is 0 Å². The number of methoxy groups -OCH3 is 1. The molecule has 0 fully saturated rings. The summed E-state index contributed by atoms with van der Waals surface area (Å²) >= 11 is 31.4. The molecule has 0 aromatic heterocycles. The van der Waals surface area contributed by atoms with Crippen LogP contribution >= 0.6 is 69.6 Å². The van der Waals surface area contributed by atoms with Gasteiger partial charge in [-0.25, -0.2) is 14.4 Å². The number of hydrogen-bond donors (Lipinski definition) is 0. The van der Waals surface area contributed by atoms with E-state index in [-0.39, 0.29) is 0 Å². The molecule has 0 aliphatic carbocycles. The Morgan fingerprint density at radius 3 is 1.75 bits per heavy atom. The van der Waals surface area contributed by atoms with E-state index in [9.17, 15) is 14.4 Å². The molecule has 0 amide bonds. The van der Waals surface area contributed by atoms with Gasteiger partial charge in [-0.1, -0.05) is 69.6 Å². The second kappa shape index (κ2) is 7.96. The normalized spacial score (nSPS) is 13.3. The van der Waals surface area contributed by atoms with Crippen molar-refractivity contribution in [2.24, 2.45) is 0 Å². The summed E-state index contributed by atoms with van der Waals surface area (Å²) in [5, 5.41) is 0. The molecule has 0 spiro atoms. The number of hydrogen-bond acceptors (Lipinski definition) is 6. The summed E-state index contributed by atoms with van der Waals surface area (Å²) < 4.78 is 8.50. The molecule has 0 bridgehead atoms. The molecule has 116 valence electrons. The van der Waals surface area contributed by atoms with Crippen LogP contribution in [-0.2, 0) is 28.6 Å². The van der Waals surface area contributed by atoms with Crippen LogP contribution in [0.2, 0.25) is 0 Å². The summed E-state index contributed by atoms with van der Waals surface area (Å²) in [5.74, 6) is -3.73. The van der Waals surface area contributed by atoms with Gasteiger partial charge in [-0.15, -0.1) is 0 Å². The molecule has 0 aliphatic heterocycles. The Bertz CT molecular complexity index is 386. The van der Waals surface area contributed by atoms with E-state index in [0.717, 1.165) is 7.11 Å². The molecule has 0 saturated carbocycles. The van der Waals surface area contributed by atoms with Gasteiger partial charge in [0.05, 0.1) is 7.11 Å². The highest BCUT2D eigenvalue weighted by molar-refractivity contribution is 6.76. The van der Waals surface area contributed by atoms with E-state index in [2.05, 4.69) is 14.2 Å². The quantitative estimate of drug-likeness (QED) is 0.402. The van der Waals surface area contributed by atoms with Gasteiger partial charge in [-0.05, 0) is 0 Å². The van der Waals surface area contributed by atoms with Crippen LogP contribution in [0.4, 0.5) is 0 Å². The van der Waals surface area contributed by atoms with Crippen molar-refractivity contribution in [2.75, 3.05) is 13.7 Å². The van der Waals surface area contributed by atoms with Crippen molar-refractivity contribution in [1.82, 2.24) is 0 Å². The summed E-state index contributed by atoms with van der Waals surface area (Å²) in [7, 11) is 0.995. The smallest absolute Gasteiger partial charge is 0.359 e. The summed E-state index contributed by atoms with van der Waals surface area (Å²) in [6, 6.07) is 0. The van der Waals surface area contributed by atoms with Crippen molar-refractivity contribution in [3.05, 3.63) is 0 Å². The third-order valence-corrected chi connectivity index (χ3v) is 2.47. The number of rotatable bonds is 4. The first kappa shape index (κ1) is 20.1. The predicted molar refractivity (Wildman–Crippen MR) is 73.4 cm³/mol. The van der Waals surface area contributed by atoms with E-state index in [1.807, 2.05) is 0 Å². The highest BCUT2D eigenvalue weighted by Crippen LogP contribution is 2.29. The lowest BCUT2D eigenvalue weighted by Gasteiger charge is -2.19. The minimum Gasteiger partial charge on any atom is -0.466 e. The number of carbonyl (C=O) groups is 3. The maximum Gasteiger partial charge on any atom is 0.359 e. The average molecular weight is 411 g/mol. The van der Waals surface area contributed by atoms with Crippen molar-refractivity contribution in [3.8, 4) is 0 Å². The lowest BCUT2D eigenvalue weighted by molar-refractivity contribution is -0.172. The fraction of sp³-hybridized carbons (Fsp3) is 0.625. The third kappa shape index (κ3) is 7.24. The molecular weight excluding hydrogens is 405 g/mol. The minimum absolute atomic E-state index is 0.786. The van der Waals surface area contributed by atoms with Gasteiger partial charge in [-0.3, -0.25) is 0 Å². The van der Waals surface area contributed by atoms with E-state index in [0.29, 0.717) is 0 Å². The second-order valence-electron chi connectivity index (χ2n) is 3.01. The van der Waals surface area contributed by atoms with E-state index in [1.165, 1.54) is 0 Å². The topological polar surface area (TPSA) is 78.9 Å². The standard InChI is InChI=1S/C8H6Cl6O6/c1-18-4(15)3(20-6(17)8(12,13)14)2-19-5(16)7(9,10)11/h3H,2H2,1H3/t3-/m0/s1. The van der Waals surface area contributed by atoms with E-state index >= 15 is 0 Å². The van der Waals surface area contributed by atoms with Crippen LogP contribution in [-0.4, -0.2) is 45.3 Å². The minimum atomic E-state index is -2.43. The molecule has 0 radical (unpaired) electrons. The zero-order chi connectivity index (χ0) is 16.1. The molecule has 0 rings (SSSR count). The zero-order valence-electron chi connectivity index (χ0n) is 9.50. The summed E-state index contributed by atoms with van der Waals surface area (Å²) in [6.07, 6.45) is -1.68. The summed E-state index contributed by atoms with van der Waals surface area (Å²) in [5.41, 5.74) is 0. The zero-order valence-corrected chi connectivity index (χ0v) is 14.0. The van der Waals surface area contributed by atoms with Crippen LogP contribution in [0.15, 0.2) is 0 Å². The number of carbonyl (C=O) groups excluding carboxylic acids is 3. The SMILES string of the molecule is COC(=O)[C@H](COC(=O)C(Cl)(Cl)Cl)OC(=O)C(Cl)(Cl)Cl. The Kier molecular flexibility index (Phi) is 8.02. The van der Waals surface area contributed by atoms with Gasteiger partial charge in [0.1, 0.15) is 6.61 Å². The van der Waals surface area contributed by atoms with Crippen LogP contribution < -0.4 is 0 Å². The van der Waals surface area contributed by atoms with Crippen LogP contribution in [0.3, 0.4) is 0 Å².